The number of guanidine groups is 1. The van der Waals surface area contributed by atoms with E-state index in [4.69, 9.17) is 4.74 Å². The molecular weight excluding hydrogens is 341 g/mol. The third-order valence-corrected chi connectivity index (χ3v) is 3.87. The number of nitrogens with zero attached hydrogens (tertiary/aromatic N) is 2. The molecule has 0 spiro atoms. The van der Waals surface area contributed by atoms with Gasteiger partial charge in [-0.1, -0.05) is 19.1 Å². The molecule has 0 bridgehead atoms. The Morgan fingerprint density at radius 3 is 2.77 bits per heavy atom. The Labute approximate surface area is 151 Å². The van der Waals surface area contributed by atoms with Crippen LogP contribution in [-0.2, 0) is 4.79 Å². The molecule has 1 aliphatic heterocycles. The van der Waals surface area contributed by atoms with Crippen LogP contribution in [0.15, 0.2) is 29.3 Å². The summed E-state index contributed by atoms with van der Waals surface area (Å²) in [7, 11) is 1.61. The van der Waals surface area contributed by atoms with Crippen molar-refractivity contribution in [2.75, 3.05) is 33.2 Å². The summed E-state index contributed by atoms with van der Waals surface area (Å²) in [4.78, 5) is 28.2. The predicted octanol–water partition coefficient (Wildman–Crippen LogP) is 0.700. The standard InChI is InChI=1S/C17H24FN5O3/c1-3-12(26-14-7-5-4-6-13(14)18)10-21-16(19-2)20-8-9-23-15(24)11-22-17(23)25/h4-7,12H,3,8-11H2,1-2H3,(H,22,25)(H2,19,20,21). The molecule has 1 aliphatic rings. The largest absolute Gasteiger partial charge is 0.486 e. The maximum atomic E-state index is 13.7. The Morgan fingerprint density at radius 2 is 2.15 bits per heavy atom. The molecule has 2 rings (SSSR count). The summed E-state index contributed by atoms with van der Waals surface area (Å²) in [5.74, 6) is 0.0707. The zero-order chi connectivity index (χ0) is 18.9. The first-order valence-corrected chi connectivity index (χ1v) is 8.49. The van der Waals surface area contributed by atoms with E-state index >= 15 is 0 Å². The van der Waals surface area contributed by atoms with E-state index < -0.39 is 5.82 Å². The fourth-order valence-electron chi connectivity index (χ4n) is 2.39. The number of nitrogens with one attached hydrogen (secondary N) is 3. The third-order valence-electron chi connectivity index (χ3n) is 3.87. The van der Waals surface area contributed by atoms with Crippen molar-refractivity contribution in [2.45, 2.75) is 19.4 Å². The van der Waals surface area contributed by atoms with Crippen LogP contribution in [-0.4, -0.2) is 62.1 Å². The molecule has 142 valence electrons. The zero-order valence-corrected chi connectivity index (χ0v) is 14.9. The second-order valence-electron chi connectivity index (χ2n) is 5.66. The molecule has 3 amide bonds. The van der Waals surface area contributed by atoms with Gasteiger partial charge in [0.05, 0.1) is 13.1 Å². The van der Waals surface area contributed by atoms with Crippen molar-refractivity contribution in [2.24, 2.45) is 4.99 Å². The molecule has 9 heteroatoms. The number of carbonyl (C=O) groups excluding carboxylic acids is 2. The number of halogens is 1. The first-order valence-electron chi connectivity index (χ1n) is 8.49. The molecule has 0 saturated carbocycles. The molecule has 0 radical (unpaired) electrons. The Kier molecular flexibility index (Phi) is 7.19. The van der Waals surface area contributed by atoms with E-state index in [1.807, 2.05) is 6.92 Å². The van der Waals surface area contributed by atoms with Gasteiger partial charge in [0.25, 0.3) is 0 Å². The number of amides is 3. The van der Waals surface area contributed by atoms with Crippen molar-refractivity contribution in [3.63, 3.8) is 0 Å². The van der Waals surface area contributed by atoms with Crippen molar-refractivity contribution in [3.8, 4) is 5.75 Å². The van der Waals surface area contributed by atoms with Crippen LogP contribution < -0.4 is 20.7 Å². The number of aliphatic imine (C=N–C) groups is 1. The molecule has 3 N–H and O–H groups in total. The van der Waals surface area contributed by atoms with E-state index in [1.165, 1.54) is 6.07 Å². The molecule has 26 heavy (non-hydrogen) atoms. The van der Waals surface area contributed by atoms with Crippen LogP contribution >= 0.6 is 0 Å². The first-order chi connectivity index (χ1) is 12.5. The second kappa shape index (κ2) is 9.59. The lowest BCUT2D eigenvalue weighted by Gasteiger charge is -2.20. The highest BCUT2D eigenvalue weighted by Crippen LogP contribution is 2.17. The van der Waals surface area contributed by atoms with Crippen LogP contribution in [0.4, 0.5) is 9.18 Å². The van der Waals surface area contributed by atoms with Crippen LogP contribution in [0.1, 0.15) is 13.3 Å². The Hall–Kier alpha value is -2.84. The van der Waals surface area contributed by atoms with Crippen LogP contribution in [0.3, 0.4) is 0 Å². The SMILES string of the molecule is CCC(CNC(=NC)NCCN1C(=O)CNC1=O)Oc1ccccc1F. The fourth-order valence-corrected chi connectivity index (χ4v) is 2.39. The fraction of sp³-hybridized carbons (Fsp3) is 0.471. The quantitative estimate of drug-likeness (QED) is 0.358. The lowest BCUT2D eigenvalue weighted by molar-refractivity contribution is -0.124. The smallest absolute Gasteiger partial charge is 0.324 e. The summed E-state index contributed by atoms with van der Waals surface area (Å²) >= 11 is 0. The number of para-hydroxylation sites is 1. The Bertz CT molecular complexity index is 652. The second-order valence-corrected chi connectivity index (χ2v) is 5.66. The van der Waals surface area contributed by atoms with Crippen LogP contribution in [0, 0.1) is 5.82 Å². The van der Waals surface area contributed by atoms with E-state index in [-0.39, 0.29) is 36.9 Å². The molecule has 8 nitrogen and oxygen atoms in total. The van der Waals surface area contributed by atoms with E-state index in [0.29, 0.717) is 25.5 Å². The maximum Gasteiger partial charge on any atom is 0.324 e. The monoisotopic (exact) mass is 365 g/mol. The summed E-state index contributed by atoms with van der Waals surface area (Å²) in [5, 5.41) is 8.59. The summed E-state index contributed by atoms with van der Waals surface area (Å²) in [6.07, 6.45) is 0.442. The first kappa shape index (κ1) is 19.5. The average Bonchev–Trinajstić information content (AvgIpc) is 2.96. The topological polar surface area (TPSA) is 95.1 Å². The van der Waals surface area contributed by atoms with Gasteiger partial charge >= 0.3 is 6.03 Å². The van der Waals surface area contributed by atoms with Gasteiger partial charge in [-0.2, -0.15) is 0 Å². The van der Waals surface area contributed by atoms with E-state index in [0.717, 1.165) is 4.90 Å². The minimum atomic E-state index is -0.401. The van der Waals surface area contributed by atoms with Gasteiger partial charge in [-0.25, -0.2) is 9.18 Å². The highest BCUT2D eigenvalue weighted by Gasteiger charge is 2.27. The van der Waals surface area contributed by atoms with Gasteiger partial charge in [-0.05, 0) is 18.6 Å². The van der Waals surface area contributed by atoms with Crippen molar-refractivity contribution in [1.29, 1.82) is 0 Å². The lowest BCUT2D eigenvalue weighted by Crippen LogP contribution is -2.45. The number of imide groups is 1. The minimum absolute atomic E-state index is 0.0391. The molecule has 1 saturated heterocycles. The summed E-state index contributed by atoms with van der Waals surface area (Å²) < 4.78 is 19.4. The summed E-state index contributed by atoms with van der Waals surface area (Å²) in [6.45, 7) is 3.02. The third kappa shape index (κ3) is 5.33. The number of hydrogen-bond acceptors (Lipinski definition) is 4. The molecule has 1 heterocycles. The van der Waals surface area contributed by atoms with E-state index in [2.05, 4.69) is 20.9 Å². The van der Waals surface area contributed by atoms with Gasteiger partial charge in [0.15, 0.2) is 17.5 Å². The van der Waals surface area contributed by atoms with E-state index in [1.54, 1.807) is 25.2 Å². The number of ether oxygens (including phenoxy) is 1. The van der Waals surface area contributed by atoms with Crippen LogP contribution in [0.5, 0.6) is 5.75 Å². The van der Waals surface area contributed by atoms with Crippen molar-refractivity contribution < 1.29 is 18.7 Å². The lowest BCUT2D eigenvalue weighted by atomic mass is 10.2. The zero-order valence-electron chi connectivity index (χ0n) is 14.9. The van der Waals surface area contributed by atoms with Crippen molar-refractivity contribution >= 4 is 17.9 Å². The van der Waals surface area contributed by atoms with Crippen molar-refractivity contribution in [1.82, 2.24) is 20.9 Å². The van der Waals surface area contributed by atoms with Crippen LogP contribution in [0.2, 0.25) is 0 Å². The number of rotatable bonds is 8. The summed E-state index contributed by atoms with van der Waals surface area (Å²) in [6, 6.07) is 5.88. The molecule has 1 unspecified atom stereocenters. The van der Waals surface area contributed by atoms with Crippen LogP contribution in [0.25, 0.3) is 0 Å². The number of urea groups is 1. The molecular formula is C17H24FN5O3. The van der Waals surface area contributed by atoms with Gasteiger partial charge in [0.2, 0.25) is 5.91 Å². The normalized spacial score (nSPS) is 15.7. The number of hydrogen-bond donors (Lipinski definition) is 3. The minimum Gasteiger partial charge on any atom is -0.486 e. The highest BCUT2D eigenvalue weighted by atomic mass is 19.1. The molecule has 1 fully saturated rings. The van der Waals surface area contributed by atoms with Gasteiger partial charge in [-0.3, -0.25) is 14.7 Å². The average molecular weight is 365 g/mol. The highest BCUT2D eigenvalue weighted by molar-refractivity contribution is 6.01. The maximum absolute atomic E-state index is 13.7. The molecule has 1 aromatic carbocycles. The number of carbonyl (C=O) groups is 2. The molecule has 0 aromatic heterocycles. The van der Waals surface area contributed by atoms with Crippen molar-refractivity contribution in [3.05, 3.63) is 30.1 Å². The molecule has 1 aromatic rings. The van der Waals surface area contributed by atoms with E-state index in [9.17, 15) is 14.0 Å². The molecule has 1 atom stereocenters. The number of benzene rings is 1. The summed E-state index contributed by atoms with van der Waals surface area (Å²) in [5.41, 5.74) is 0. The predicted molar refractivity (Wildman–Crippen MR) is 95.6 cm³/mol. The van der Waals surface area contributed by atoms with Gasteiger partial charge in [-0.15, -0.1) is 0 Å². The van der Waals surface area contributed by atoms with Gasteiger partial charge < -0.3 is 20.7 Å². The van der Waals surface area contributed by atoms with Gasteiger partial charge in [0, 0.05) is 20.1 Å². The van der Waals surface area contributed by atoms with Gasteiger partial charge in [0.1, 0.15) is 6.10 Å². The molecule has 0 aliphatic carbocycles. The Morgan fingerprint density at radius 1 is 1.38 bits per heavy atom. The Balaban J connectivity index is 1.77.